The van der Waals surface area contributed by atoms with Gasteiger partial charge in [0.05, 0.1) is 12.8 Å². The third-order valence-electron chi connectivity index (χ3n) is 5.13. The maximum absolute atomic E-state index is 12.7. The number of amides is 1. The maximum Gasteiger partial charge on any atom is 0.319 e. The van der Waals surface area contributed by atoms with Gasteiger partial charge in [-0.1, -0.05) is 24.3 Å². The monoisotopic (exact) mass is 344 g/mol. The Balaban J connectivity index is 1.69. The van der Waals surface area contributed by atoms with Crippen molar-refractivity contribution in [2.45, 2.75) is 31.7 Å². The number of nitrogens with zero attached hydrogens (tertiary/aromatic N) is 1. The number of piperidine rings is 1. The summed E-state index contributed by atoms with van der Waals surface area (Å²) in [4.78, 5) is 26.5. The molecule has 6 heteroatoms. The van der Waals surface area contributed by atoms with Crippen molar-refractivity contribution in [1.29, 1.82) is 0 Å². The summed E-state index contributed by atoms with van der Waals surface area (Å²) in [6, 6.07) is 7.74. The van der Waals surface area contributed by atoms with Gasteiger partial charge >= 0.3 is 5.97 Å². The van der Waals surface area contributed by atoms with Gasteiger partial charge in [-0.05, 0) is 37.8 Å². The Morgan fingerprint density at radius 2 is 2.00 bits per heavy atom. The quantitative estimate of drug-likeness (QED) is 0.632. The first-order valence-electron chi connectivity index (χ1n) is 8.64. The zero-order valence-electron chi connectivity index (χ0n) is 14.4. The number of hydrogen-bond donors (Lipinski definition) is 2. The third kappa shape index (κ3) is 3.34. The second-order valence-electron chi connectivity index (χ2n) is 6.70. The van der Waals surface area contributed by atoms with E-state index < -0.39 is 11.4 Å². The van der Waals surface area contributed by atoms with Gasteiger partial charge in [-0.25, -0.2) is 0 Å². The van der Waals surface area contributed by atoms with Gasteiger partial charge in [0.1, 0.15) is 5.75 Å². The highest BCUT2D eigenvalue weighted by molar-refractivity contribution is 6.02. The van der Waals surface area contributed by atoms with Crippen molar-refractivity contribution in [3.8, 4) is 5.75 Å². The van der Waals surface area contributed by atoms with Gasteiger partial charge in [-0.2, -0.15) is 0 Å². The first-order valence-corrected chi connectivity index (χ1v) is 8.64. The highest BCUT2D eigenvalue weighted by Crippen LogP contribution is 2.35. The molecule has 6 nitrogen and oxygen atoms in total. The van der Waals surface area contributed by atoms with E-state index in [0.29, 0.717) is 6.54 Å². The molecular formula is C19H24N2O4. The highest BCUT2D eigenvalue weighted by atomic mass is 16.5. The van der Waals surface area contributed by atoms with Gasteiger partial charge in [-0.15, -0.1) is 0 Å². The molecule has 1 aliphatic carbocycles. The molecule has 0 radical (unpaired) electrons. The number of carbonyl (C=O) groups is 2. The van der Waals surface area contributed by atoms with Crippen LogP contribution in [-0.4, -0.2) is 43.2 Å². The highest BCUT2D eigenvalue weighted by Gasteiger charge is 2.47. The molecule has 1 aromatic rings. The summed E-state index contributed by atoms with van der Waals surface area (Å²) in [5.74, 6) is -0.624. The molecule has 0 spiro atoms. The van der Waals surface area contributed by atoms with Crippen molar-refractivity contribution in [2.75, 3.05) is 25.1 Å². The molecule has 0 saturated carbocycles. The zero-order chi connectivity index (χ0) is 17.9. The molecule has 1 unspecified atom stereocenters. The van der Waals surface area contributed by atoms with E-state index in [1.807, 2.05) is 24.3 Å². The SMILES string of the molecule is COc1ccccc1N1CCCC(NC(=O)C2(C(=O)O)CC=CC2)C1. The van der Waals surface area contributed by atoms with Crippen LogP contribution in [0.5, 0.6) is 5.75 Å². The van der Waals surface area contributed by atoms with Crippen LogP contribution in [0.25, 0.3) is 0 Å². The lowest BCUT2D eigenvalue weighted by Gasteiger charge is -2.36. The lowest BCUT2D eigenvalue weighted by Crippen LogP contribution is -2.53. The van der Waals surface area contributed by atoms with E-state index in [1.54, 1.807) is 19.3 Å². The Morgan fingerprint density at radius 1 is 1.28 bits per heavy atom. The molecule has 0 bridgehead atoms. The van der Waals surface area contributed by atoms with E-state index in [0.717, 1.165) is 30.8 Å². The van der Waals surface area contributed by atoms with Crippen LogP contribution < -0.4 is 15.0 Å². The molecule has 3 rings (SSSR count). The van der Waals surface area contributed by atoms with Crippen molar-refractivity contribution in [3.05, 3.63) is 36.4 Å². The average molecular weight is 344 g/mol. The Labute approximate surface area is 147 Å². The van der Waals surface area contributed by atoms with E-state index in [4.69, 9.17) is 4.74 Å². The van der Waals surface area contributed by atoms with Gasteiger partial charge < -0.3 is 20.1 Å². The number of carbonyl (C=O) groups excluding carboxylic acids is 1. The Hall–Kier alpha value is -2.50. The van der Waals surface area contributed by atoms with Crippen LogP contribution in [0.4, 0.5) is 5.69 Å². The molecule has 2 aliphatic rings. The fourth-order valence-electron chi connectivity index (χ4n) is 3.64. The van der Waals surface area contributed by atoms with Crippen LogP contribution in [0, 0.1) is 5.41 Å². The number of anilines is 1. The summed E-state index contributed by atoms with van der Waals surface area (Å²) in [5.41, 5.74) is -0.341. The van der Waals surface area contributed by atoms with Crippen molar-refractivity contribution >= 4 is 17.6 Å². The van der Waals surface area contributed by atoms with Crippen LogP contribution in [0.2, 0.25) is 0 Å². The number of nitrogens with one attached hydrogen (secondary N) is 1. The van der Waals surface area contributed by atoms with Crippen molar-refractivity contribution in [1.82, 2.24) is 5.32 Å². The van der Waals surface area contributed by atoms with Crippen LogP contribution in [0.1, 0.15) is 25.7 Å². The van der Waals surface area contributed by atoms with Gasteiger partial charge in [0.2, 0.25) is 5.91 Å². The first kappa shape index (κ1) is 17.3. The van der Waals surface area contributed by atoms with Gasteiger partial charge in [0.25, 0.3) is 0 Å². The number of ether oxygens (including phenoxy) is 1. The predicted octanol–water partition coefficient (Wildman–Crippen LogP) is 2.20. The van der Waals surface area contributed by atoms with Crippen LogP contribution in [-0.2, 0) is 9.59 Å². The number of allylic oxidation sites excluding steroid dienone is 2. The minimum Gasteiger partial charge on any atom is -0.495 e. The Bertz CT molecular complexity index is 678. The first-order chi connectivity index (χ1) is 12.1. The van der Waals surface area contributed by atoms with Gasteiger partial charge in [0.15, 0.2) is 5.41 Å². The summed E-state index contributed by atoms with van der Waals surface area (Å²) in [6.07, 6.45) is 5.85. The molecule has 25 heavy (non-hydrogen) atoms. The molecule has 1 aromatic carbocycles. The number of para-hydroxylation sites is 2. The summed E-state index contributed by atoms with van der Waals surface area (Å²) in [6.45, 7) is 1.54. The van der Waals surface area contributed by atoms with Gasteiger partial charge in [0, 0.05) is 19.1 Å². The summed E-state index contributed by atoms with van der Waals surface area (Å²) in [5, 5.41) is 12.5. The van der Waals surface area contributed by atoms with E-state index in [1.165, 1.54) is 0 Å². The normalized spacial score (nSPS) is 21.8. The number of hydrogen-bond acceptors (Lipinski definition) is 4. The molecule has 1 atom stereocenters. The fourth-order valence-corrected chi connectivity index (χ4v) is 3.64. The van der Waals surface area contributed by atoms with E-state index in [2.05, 4.69) is 10.2 Å². The second-order valence-corrected chi connectivity index (χ2v) is 6.70. The minimum atomic E-state index is -1.34. The van der Waals surface area contributed by atoms with Crippen LogP contribution in [0.3, 0.4) is 0 Å². The summed E-state index contributed by atoms with van der Waals surface area (Å²) in [7, 11) is 1.64. The number of methoxy groups -OCH3 is 1. The largest absolute Gasteiger partial charge is 0.495 e. The number of benzene rings is 1. The maximum atomic E-state index is 12.7. The van der Waals surface area contributed by atoms with Crippen molar-refractivity contribution in [3.63, 3.8) is 0 Å². The van der Waals surface area contributed by atoms with E-state index >= 15 is 0 Å². The number of aliphatic carboxylic acids is 1. The third-order valence-corrected chi connectivity index (χ3v) is 5.13. The van der Waals surface area contributed by atoms with Gasteiger partial charge in [-0.3, -0.25) is 9.59 Å². The lowest BCUT2D eigenvalue weighted by molar-refractivity contribution is -0.155. The van der Waals surface area contributed by atoms with Crippen molar-refractivity contribution in [2.24, 2.45) is 5.41 Å². The smallest absolute Gasteiger partial charge is 0.319 e. The number of rotatable bonds is 5. The Morgan fingerprint density at radius 3 is 2.68 bits per heavy atom. The number of carboxylic acid groups (broad SMARTS) is 1. The molecule has 0 aromatic heterocycles. The summed E-state index contributed by atoms with van der Waals surface area (Å²) >= 11 is 0. The van der Waals surface area contributed by atoms with Crippen molar-refractivity contribution < 1.29 is 19.4 Å². The van der Waals surface area contributed by atoms with Crippen LogP contribution in [0.15, 0.2) is 36.4 Å². The lowest BCUT2D eigenvalue weighted by atomic mass is 9.84. The molecule has 1 saturated heterocycles. The fraction of sp³-hybridized carbons (Fsp3) is 0.474. The molecule has 1 amide bonds. The summed E-state index contributed by atoms with van der Waals surface area (Å²) < 4.78 is 5.43. The van der Waals surface area contributed by atoms with E-state index in [9.17, 15) is 14.7 Å². The molecule has 1 heterocycles. The van der Waals surface area contributed by atoms with Crippen LogP contribution >= 0.6 is 0 Å². The molecule has 2 N–H and O–H groups in total. The topological polar surface area (TPSA) is 78.9 Å². The minimum absolute atomic E-state index is 0.0667. The molecule has 1 fully saturated rings. The molecule has 1 aliphatic heterocycles. The second kappa shape index (κ2) is 7.17. The number of carboxylic acids is 1. The molecular weight excluding hydrogens is 320 g/mol. The Kier molecular flexibility index (Phi) is 4.97. The average Bonchev–Trinajstić information content (AvgIpc) is 3.13. The molecule has 134 valence electrons. The standard InChI is InChI=1S/C19H24N2O4/c1-25-16-9-3-2-8-15(16)21-12-6-7-14(13-21)20-17(22)19(18(23)24)10-4-5-11-19/h2-5,8-9,14H,6-7,10-13H2,1H3,(H,20,22)(H,23,24). The predicted molar refractivity (Wildman–Crippen MR) is 94.8 cm³/mol. The zero-order valence-corrected chi connectivity index (χ0v) is 14.4. The van der Waals surface area contributed by atoms with E-state index in [-0.39, 0.29) is 24.8 Å².